The maximum atomic E-state index is 10.2. The van der Waals surface area contributed by atoms with Crippen LogP contribution in [0.5, 0.6) is 11.5 Å². The highest BCUT2D eigenvalue weighted by atomic mass is 35.5. The van der Waals surface area contributed by atoms with Crippen molar-refractivity contribution in [2.24, 2.45) is 0 Å². The molecule has 1 atom stereocenters. The Labute approximate surface area is 130 Å². The van der Waals surface area contributed by atoms with Crippen LogP contribution in [0.15, 0.2) is 36.4 Å². The molecule has 6 nitrogen and oxygen atoms in total. The molecule has 7 heteroatoms. The van der Waals surface area contributed by atoms with Gasteiger partial charge in [-0.15, -0.1) is 15.0 Å². The van der Waals surface area contributed by atoms with Crippen LogP contribution in [-0.2, 0) is 4.74 Å². The zero-order chi connectivity index (χ0) is 15.1. The van der Waals surface area contributed by atoms with Crippen molar-refractivity contribution in [3.8, 4) is 17.2 Å². The molecule has 2 heterocycles. The smallest absolute Gasteiger partial charge is 0.146 e. The maximum Gasteiger partial charge on any atom is 0.146 e. The summed E-state index contributed by atoms with van der Waals surface area (Å²) in [5.74, 6) is 0.622. The van der Waals surface area contributed by atoms with Gasteiger partial charge >= 0.3 is 0 Å². The molecule has 1 unspecified atom stereocenters. The summed E-state index contributed by atoms with van der Waals surface area (Å²) in [6.45, 7) is 1.22. The molecule has 1 aliphatic rings. The fourth-order valence-electron chi connectivity index (χ4n) is 2.11. The highest BCUT2D eigenvalue weighted by molar-refractivity contribution is 6.31. The van der Waals surface area contributed by atoms with Crippen LogP contribution in [0.2, 0.25) is 5.02 Å². The summed E-state index contributed by atoms with van der Waals surface area (Å²) in [6.07, 6.45) is 0.171. The van der Waals surface area contributed by atoms with E-state index in [4.69, 9.17) is 21.1 Å². The molecule has 22 heavy (non-hydrogen) atoms. The molecule has 0 bridgehead atoms. The standard InChI is InChI=1S/C15H12ClN3O3/c16-9-1-3-12-13(5-9)18-19(17-12)14-4-2-10(6-15(14)20)21-7-11-8-22-11/h1-6,11,20H,7-8H2. The number of epoxide rings is 1. The number of halogens is 1. The Balaban J connectivity index is 1.64. The number of phenols is 1. The van der Waals surface area contributed by atoms with Crippen LogP contribution >= 0.6 is 11.6 Å². The summed E-state index contributed by atoms with van der Waals surface area (Å²) in [5.41, 5.74) is 1.84. The van der Waals surface area contributed by atoms with Gasteiger partial charge in [0.1, 0.15) is 40.9 Å². The fraction of sp³-hybridized carbons (Fsp3) is 0.200. The average Bonchev–Trinajstić information content (AvgIpc) is 3.23. The van der Waals surface area contributed by atoms with Crippen LogP contribution in [0.25, 0.3) is 16.7 Å². The molecule has 1 N–H and O–H groups in total. The van der Waals surface area contributed by atoms with E-state index >= 15 is 0 Å². The highest BCUT2D eigenvalue weighted by Gasteiger charge is 2.23. The molecule has 112 valence electrons. The molecule has 3 aromatic rings. The van der Waals surface area contributed by atoms with E-state index in [0.29, 0.717) is 34.1 Å². The van der Waals surface area contributed by atoms with Crippen molar-refractivity contribution in [2.75, 3.05) is 13.2 Å². The number of hydrogen-bond donors (Lipinski definition) is 1. The Morgan fingerprint density at radius 2 is 2.05 bits per heavy atom. The second-order valence-corrected chi connectivity index (χ2v) is 5.48. The zero-order valence-corrected chi connectivity index (χ0v) is 12.2. The minimum Gasteiger partial charge on any atom is -0.505 e. The predicted octanol–water partition coefficient (Wildman–Crippen LogP) is 2.56. The lowest BCUT2D eigenvalue weighted by atomic mass is 10.3. The highest BCUT2D eigenvalue weighted by Crippen LogP contribution is 2.27. The maximum absolute atomic E-state index is 10.2. The number of phenolic OH excluding ortho intramolecular Hbond substituents is 1. The van der Waals surface area contributed by atoms with Crippen LogP contribution in [0, 0.1) is 0 Å². The first-order chi connectivity index (χ1) is 10.7. The Hall–Kier alpha value is -2.31. The first-order valence-electron chi connectivity index (χ1n) is 6.79. The molecule has 2 aromatic carbocycles. The lowest BCUT2D eigenvalue weighted by molar-refractivity contribution is 0.262. The summed E-state index contributed by atoms with van der Waals surface area (Å²) >= 11 is 5.94. The van der Waals surface area contributed by atoms with E-state index in [1.54, 1.807) is 36.4 Å². The third kappa shape index (κ3) is 2.58. The predicted molar refractivity (Wildman–Crippen MR) is 80.8 cm³/mol. The van der Waals surface area contributed by atoms with Gasteiger partial charge in [0.05, 0.1) is 6.61 Å². The van der Waals surface area contributed by atoms with Gasteiger partial charge in [-0.3, -0.25) is 0 Å². The monoisotopic (exact) mass is 317 g/mol. The Kier molecular flexibility index (Phi) is 3.13. The molecule has 0 aliphatic carbocycles. The topological polar surface area (TPSA) is 72.7 Å². The number of hydrogen-bond acceptors (Lipinski definition) is 5. The van der Waals surface area contributed by atoms with Crippen LogP contribution < -0.4 is 4.74 Å². The minimum absolute atomic E-state index is 0.0422. The van der Waals surface area contributed by atoms with E-state index in [0.717, 1.165) is 6.61 Å². The van der Waals surface area contributed by atoms with Crippen molar-refractivity contribution in [3.63, 3.8) is 0 Å². The number of ether oxygens (including phenoxy) is 2. The van der Waals surface area contributed by atoms with Crippen molar-refractivity contribution in [1.82, 2.24) is 15.0 Å². The molecular weight excluding hydrogens is 306 g/mol. The van der Waals surface area contributed by atoms with E-state index < -0.39 is 0 Å². The lowest BCUT2D eigenvalue weighted by Gasteiger charge is -2.07. The van der Waals surface area contributed by atoms with Crippen molar-refractivity contribution in [3.05, 3.63) is 41.4 Å². The molecule has 0 radical (unpaired) electrons. The van der Waals surface area contributed by atoms with Gasteiger partial charge in [-0.05, 0) is 30.3 Å². The second kappa shape index (κ2) is 5.15. The number of fused-ring (bicyclic) bond motifs is 1. The SMILES string of the molecule is Oc1cc(OCC2CO2)ccc1-n1nc2ccc(Cl)cc2n1. The fourth-order valence-corrected chi connectivity index (χ4v) is 2.28. The molecular formula is C15H12ClN3O3. The van der Waals surface area contributed by atoms with Crippen molar-refractivity contribution >= 4 is 22.6 Å². The van der Waals surface area contributed by atoms with Crippen molar-refractivity contribution in [2.45, 2.75) is 6.10 Å². The molecule has 0 spiro atoms. The van der Waals surface area contributed by atoms with Crippen LogP contribution in [0.3, 0.4) is 0 Å². The molecule has 0 saturated carbocycles. The van der Waals surface area contributed by atoms with Crippen LogP contribution in [0.1, 0.15) is 0 Å². The third-order valence-corrected chi connectivity index (χ3v) is 3.58. The van der Waals surface area contributed by atoms with Crippen molar-refractivity contribution < 1.29 is 14.6 Å². The average molecular weight is 318 g/mol. The van der Waals surface area contributed by atoms with Gasteiger partial charge in [0.15, 0.2) is 0 Å². The minimum atomic E-state index is 0.0422. The summed E-state index contributed by atoms with van der Waals surface area (Å²) in [6, 6.07) is 10.3. The lowest BCUT2D eigenvalue weighted by Crippen LogP contribution is -2.04. The molecule has 1 aliphatic heterocycles. The van der Waals surface area contributed by atoms with E-state index in [2.05, 4.69) is 10.2 Å². The molecule has 1 fully saturated rings. The molecule has 1 aromatic heterocycles. The second-order valence-electron chi connectivity index (χ2n) is 5.04. The number of benzene rings is 2. The van der Waals surface area contributed by atoms with Gasteiger partial charge in [-0.25, -0.2) is 0 Å². The Morgan fingerprint density at radius 1 is 1.23 bits per heavy atom. The van der Waals surface area contributed by atoms with Crippen molar-refractivity contribution in [1.29, 1.82) is 0 Å². The number of aromatic nitrogens is 3. The van der Waals surface area contributed by atoms with Gasteiger partial charge in [-0.1, -0.05) is 11.6 Å². The summed E-state index contributed by atoms with van der Waals surface area (Å²) < 4.78 is 10.6. The quantitative estimate of drug-likeness (QED) is 0.749. The van der Waals surface area contributed by atoms with E-state index in [1.807, 2.05) is 0 Å². The summed E-state index contributed by atoms with van der Waals surface area (Å²) in [7, 11) is 0. The van der Waals surface area contributed by atoms with Crippen LogP contribution in [0.4, 0.5) is 0 Å². The summed E-state index contributed by atoms with van der Waals surface area (Å²) in [5, 5.41) is 19.4. The molecule has 0 amide bonds. The van der Waals surface area contributed by atoms with E-state index in [-0.39, 0.29) is 11.9 Å². The number of rotatable bonds is 4. The largest absolute Gasteiger partial charge is 0.505 e. The third-order valence-electron chi connectivity index (χ3n) is 3.34. The summed E-state index contributed by atoms with van der Waals surface area (Å²) in [4.78, 5) is 1.38. The van der Waals surface area contributed by atoms with Crippen LogP contribution in [-0.4, -0.2) is 39.4 Å². The van der Waals surface area contributed by atoms with Gasteiger partial charge in [0.25, 0.3) is 0 Å². The zero-order valence-electron chi connectivity index (χ0n) is 11.4. The van der Waals surface area contributed by atoms with Gasteiger partial charge in [0.2, 0.25) is 0 Å². The Morgan fingerprint density at radius 3 is 2.82 bits per heavy atom. The van der Waals surface area contributed by atoms with E-state index in [9.17, 15) is 5.11 Å². The number of aromatic hydroxyl groups is 1. The first-order valence-corrected chi connectivity index (χ1v) is 7.17. The van der Waals surface area contributed by atoms with Gasteiger partial charge in [0, 0.05) is 11.1 Å². The van der Waals surface area contributed by atoms with E-state index in [1.165, 1.54) is 4.80 Å². The Bertz CT molecular complexity index is 845. The number of nitrogens with zero attached hydrogens (tertiary/aromatic N) is 3. The van der Waals surface area contributed by atoms with Gasteiger partial charge in [-0.2, -0.15) is 0 Å². The first kappa shape index (κ1) is 13.4. The normalized spacial score (nSPS) is 16.9. The molecule has 1 saturated heterocycles. The van der Waals surface area contributed by atoms with Gasteiger partial charge < -0.3 is 14.6 Å². The molecule has 4 rings (SSSR count).